The number of hydrogen-bond acceptors (Lipinski definition) is 2. The van der Waals surface area contributed by atoms with Crippen LogP contribution in [0.2, 0.25) is 0 Å². The summed E-state index contributed by atoms with van der Waals surface area (Å²) >= 11 is 5.72. The van der Waals surface area contributed by atoms with Gasteiger partial charge in [-0.1, -0.05) is 31.5 Å². The smallest absolute Gasteiger partial charge is 0.211 e. The summed E-state index contributed by atoms with van der Waals surface area (Å²) in [7, 11) is -3.45. The summed E-state index contributed by atoms with van der Waals surface area (Å²) in [4.78, 5) is 0.347. The molecule has 0 bridgehead atoms. The van der Waals surface area contributed by atoms with Crippen molar-refractivity contribution < 1.29 is 8.42 Å². The molecule has 1 aromatic carbocycles. The Morgan fingerprint density at radius 1 is 1.26 bits per heavy atom. The first-order valence-corrected chi connectivity index (χ1v) is 8.33. The third-order valence-corrected chi connectivity index (χ3v) is 4.88. The average molecular weight is 304 g/mol. The molecule has 19 heavy (non-hydrogen) atoms. The number of hydrogen-bond donors (Lipinski definition) is 1. The molecule has 0 saturated carbocycles. The molecule has 0 aliphatic heterocycles. The van der Waals surface area contributed by atoms with Crippen molar-refractivity contribution in [3.05, 3.63) is 29.3 Å². The van der Waals surface area contributed by atoms with Gasteiger partial charge in [-0.05, 0) is 37.3 Å². The Morgan fingerprint density at radius 2 is 1.89 bits per heavy atom. The summed E-state index contributed by atoms with van der Waals surface area (Å²) in [6, 6.07) is 5.34. The van der Waals surface area contributed by atoms with Gasteiger partial charge in [0.1, 0.15) is 0 Å². The molecule has 0 amide bonds. The molecule has 3 nitrogen and oxygen atoms in total. The van der Waals surface area contributed by atoms with Gasteiger partial charge in [0.05, 0.1) is 4.90 Å². The van der Waals surface area contributed by atoms with Crippen molar-refractivity contribution in [1.29, 1.82) is 0 Å². The summed E-state index contributed by atoms with van der Waals surface area (Å²) in [5, 5.41) is 0. The van der Waals surface area contributed by atoms with Crippen molar-refractivity contribution in [3.63, 3.8) is 0 Å². The van der Waals surface area contributed by atoms with Crippen molar-refractivity contribution in [1.82, 2.24) is 4.72 Å². The van der Waals surface area contributed by atoms with Gasteiger partial charge in [0.15, 0.2) is 0 Å². The van der Waals surface area contributed by atoms with Gasteiger partial charge < -0.3 is 0 Å². The van der Waals surface area contributed by atoms with Crippen LogP contribution in [0.25, 0.3) is 0 Å². The van der Waals surface area contributed by atoms with Crippen LogP contribution in [0.4, 0.5) is 0 Å². The summed E-state index contributed by atoms with van der Waals surface area (Å²) in [6.45, 7) is 8.14. The third kappa shape index (κ3) is 4.79. The second kappa shape index (κ2) is 6.25. The molecular weight excluding hydrogens is 282 g/mol. The van der Waals surface area contributed by atoms with Gasteiger partial charge in [-0.2, -0.15) is 0 Å². The van der Waals surface area contributed by atoms with E-state index in [4.69, 9.17) is 11.6 Å². The van der Waals surface area contributed by atoms with Crippen molar-refractivity contribution in [3.8, 4) is 0 Å². The maximum absolute atomic E-state index is 12.3. The van der Waals surface area contributed by atoms with Gasteiger partial charge in [-0.3, -0.25) is 0 Å². The van der Waals surface area contributed by atoms with E-state index < -0.39 is 10.0 Å². The van der Waals surface area contributed by atoms with E-state index in [2.05, 4.69) is 4.72 Å². The SMILES string of the molecule is Cc1ccc(S(=O)(=O)NCC(C)(C)CCCl)c(C)c1. The summed E-state index contributed by atoms with van der Waals surface area (Å²) in [5.41, 5.74) is 1.68. The highest BCUT2D eigenvalue weighted by atomic mass is 35.5. The Hall–Kier alpha value is -0.580. The van der Waals surface area contributed by atoms with Crippen LogP contribution in [-0.4, -0.2) is 20.8 Å². The highest BCUT2D eigenvalue weighted by Gasteiger charge is 2.22. The monoisotopic (exact) mass is 303 g/mol. The van der Waals surface area contributed by atoms with E-state index in [1.165, 1.54) is 0 Å². The van der Waals surface area contributed by atoms with E-state index >= 15 is 0 Å². The molecule has 0 spiro atoms. The number of alkyl halides is 1. The van der Waals surface area contributed by atoms with Crippen LogP contribution < -0.4 is 4.72 Å². The van der Waals surface area contributed by atoms with Crippen LogP contribution in [0.5, 0.6) is 0 Å². The second-order valence-electron chi connectivity index (χ2n) is 5.70. The average Bonchev–Trinajstić information content (AvgIpc) is 2.26. The maximum atomic E-state index is 12.3. The molecule has 0 aliphatic rings. The highest BCUT2D eigenvalue weighted by Crippen LogP contribution is 2.22. The molecule has 5 heteroatoms. The summed E-state index contributed by atoms with van der Waals surface area (Å²) in [6.07, 6.45) is 0.768. The first-order valence-electron chi connectivity index (χ1n) is 6.31. The maximum Gasteiger partial charge on any atom is 0.240 e. The zero-order chi connectivity index (χ0) is 14.7. The lowest BCUT2D eigenvalue weighted by molar-refractivity contribution is 0.352. The molecule has 1 aromatic rings. The highest BCUT2D eigenvalue weighted by molar-refractivity contribution is 7.89. The molecule has 0 radical (unpaired) electrons. The van der Waals surface area contributed by atoms with Gasteiger partial charge in [-0.25, -0.2) is 13.1 Å². The molecule has 0 aliphatic carbocycles. The van der Waals surface area contributed by atoms with Crippen LogP contribution in [0.1, 0.15) is 31.4 Å². The van der Waals surface area contributed by atoms with E-state index in [1.807, 2.05) is 39.8 Å². The molecule has 0 saturated heterocycles. The number of halogens is 1. The Labute approximate surface area is 121 Å². The van der Waals surface area contributed by atoms with Crippen molar-refractivity contribution in [2.45, 2.75) is 39.0 Å². The predicted molar refractivity (Wildman–Crippen MR) is 80.2 cm³/mol. The normalized spacial score (nSPS) is 12.7. The van der Waals surface area contributed by atoms with E-state index in [-0.39, 0.29) is 5.41 Å². The molecule has 0 fully saturated rings. The molecule has 108 valence electrons. The lowest BCUT2D eigenvalue weighted by Gasteiger charge is -2.24. The van der Waals surface area contributed by atoms with Crippen molar-refractivity contribution >= 4 is 21.6 Å². The number of sulfonamides is 1. The molecule has 0 unspecified atom stereocenters. The molecule has 1 N–H and O–H groups in total. The first-order chi connectivity index (χ1) is 8.68. The van der Waals surface area contributed by atoms with Gasteiger partial charge in [0, 0.05) is 12.4 Å². The summed E-state index contributed by atoms with van der Waals surface area (Å²) in [5.74, 6) is 0.526. The second-order valence-corrected chi connectivity index (χ2v) is 7.81. The Balaban J connectivity index is 2.87. The minimum absolute atomic E-state index is 0.145. The largest absolute Gasteiger partial charge is 0.240 e. The van der Waals surface area contributed by atoms with Crippen molar-refractivity contribution in [2.24, 2.45) is 5.41 Å². The van der Waals surface area contributed by atoms with Crippen LogP contribution in [0, 0.1) is 19.3 Å². The van der Waals surface area contributed by atoms with E-state index in [1.54, 1.807) is 6.07 Å². The first kappa shape index (κ1) is 16.5. The topological polar surface area (TPSA) is 46.2 Å². The summed E-state index contributed by atoms with van der Waals surface area (Å²) < 4.78 is 27.2. The molecule has 1 rings (SSSR count). The van der Waals surface area contributed by atoms with E-state index in [0.29, 0.717) is 17.3 Å². The number of rotatable bonds is 6. The minimum atomic E-state index is -3.45. The van der Waals surface area contributed by atoms with Gasteiger partial charge in [0.2, 0.25) is 10.0 Å². The van der Waals surface area contributed by atoms with E-state index in [0.717, 1.165) is 17.5 Å². The minimum Gasteiger partial charge on any atom is -0.211 e. The fourth-order valence-corrected chi connectivity index (χ4v) is 3.79. The standard InChI is InChI=1S/C14H22ClNO2S/c1-11-5-6-13(12(2)9-11)19(17,18)16-10-14(3,4)7-8-15/h5-6,9,16H,7-8,10H2,1-4H3. The van der Waals surface area contributed by atoms with Gasteiger partial charge in [-0.15, -0.1) is 11.6 Å². The zero-order valence-electron chi connectivity index (χ0n) is 12.0. The molecule has 0 heterocycles. The van der Waals surface area contributed by atoms with Crippen LogP contribution in [0.3, 0.4) is 0 Å². The van der Waals surface area contributed by atoms with E-state index in [9.17, 15) is 8.42 Å². The number of benzene rings is 1. The van der Waals surface area contributed by atoms with Gasteiger partial charge in [0.25, 0.3) is 0 Å². The molecular formula is C14H22ClNO2S. The van der Waals surface area contributed by atoms with Crippen molar-refractivity contribution in [2.75, 3.05) is 12.4 Å². The fraction of sp³-hybridized carbons (Fsp3) is 0.571. The van der Waals surface area contributed by atoms with Gasteiger partial charge >= 0.3 is 0 Å². The van der Waals surface area contributed by atoms with Crippen LogP contribution in [0.15, 0.2) is 23.1 Å². The number of aryl methyl sites for hydroxylation is 2. The van der Waals surface area contributed by atoms with Crippen LogP contribution in [-0.2, 0) is 10.0 Å². The third-order valence-electron chi connectivity index (χ3n) is 3.13. The quantitative estimate of drug-likeness (QED) is 0.820. The Bertz CT molecular complexity index is 538. The lowest BCUT2D eigenvalue weighted by Crippen LogP contribution is -2.34. The zero-order valence-corrected chi connectivity index (χ0v) is 13.5. The predicted octanol–water partition coefficient (Wildman–Crippen LogP) is 3.24. The molecule has 0 atom stereocenters. The Kier molecular flexibility index (Phi) is 5.42. The molecule has 0 aromatic heterocycles. The Morgan fingerprint density at radius 3 is 2.42 bits per heavy atom. The lowest BCUT2D eigenvalue weighted by atomic mass is 9.91. The fourth-order valence-electron chi connectivity index (χ4n) is 1.81. The van der Waals surface area contributed by atoms with Crippen LogP contribution >= 0.6 is 11.6 Å². The number of nitrogens with one attached hydrogen (secondary N) is 1.